The van der Waals surface area contributed by atoms with Crippen LogP contribution in [0.1, 0.15) is 51.0 Å². The molecule has 0 spiro atoms. The van der Waals surface area contributed by atoms with Crippen LogP contribution < -0.4 is 10.6 Å². The number of amides is 2. The number of piperidine rings is 1. The Balaban J connectivity index is 1.52. The fraction of sp³-hybridized carbons (Fsp3) is 0.391. The van der Waals surface area contributed by atoms with Gasteiger partial charge in [0.15, 0.2) is 0 Å². The number of carbonyl (C=O) groups excluding carboxylic acids is 2. The summed E-state index contributed by atoms with van der Waals surface area (Å²) in [5.41, 5.74) is 1.91. The van der Waals surface area contributed by atoms with Crippen molar-refractivity contribution in [3.8, 4) is 0 Å². The summed E-state index contributed by atoms with van der Waals surface area (Å²) in [4.78, 5) is 25.1. The number of anilines is 2. The van der Waals surface area contributed by atoms with Crippen molar-refractivity contribution in [2.45, 2.75) is 62.4 Å². The van der Waals surface area contributed by atoms with Crippen molar-refractivity contribution in [3.05, 3.63) is 54.1 Å². The van der Waals surface area contributed by atoms with Gasteiger partial charge < -0.3 is 10.6 Å². The maximum absolute atomic E-state index is 13.2. The Morgan fingerprint density at radius 1 is 1.03 bits per heavy atom. The highest BCUT2D eigenvalue weighted by atomic mass is 32.2. The molecule has 0 aliphatic carbocycles. The Morgan fingerprint density at radius 2 is 1.68 bits per heavy atom. The minimum atomic E-state index is -3.61. The van der Waals surface area contributed by atoms with Gasteiger partial charge in [-0.15, -0.1) is 0 Å². The molecule has 0 saturated carbocycles. The molecule has 1 fully saturated rings. The zero-order valence-electron chi connectivity index (χ0n) is 17.7. The fourth-order valence-electron chi connectivity index (χ4n) is 4.58. The molecule has 0 bridgehead atoms. The summed E-state index contributed by atoms with van der Waals surface area (Å²) in [6, 6.07) is 13.4. The van der Waals surface area contributed by atoms with E-state index in [1.807, 2.05) is 32.0 Å². The minimum Gasteiger partial charge on any atom is -0.326 e. The molecule has 4 rings (SSSR count). The number of nitrogens with one attached hydrogen (secondary N) is 2. The lowest BCUT2D eigenvalue weighted by Crippen LogP contribution is -2.47. The molecule has 7 nitrogen and oxygen atoms in total. The lowest BCUT2D eigenvalue weighted by Gasteiger charge is -2.37. The van der Waals surface area contributed by atoms with Crippen molar-refractivity contribution in [1.29, 1.82) is 0 Å². The number of para-hydroxylation sites is 1. The average Bonchev–Trinajstić information content (AvgIpc) is 2.73. The smallest absolute Gasteiger partial charge is 0.243 e. The largest absolute Gasteiger partial charge is 0.326 e. The van der Waals surface area contributed by atoms with Crippen LogP contribution in [-0.2, 0) is 19.6 Å². The summed E-state index contributed by atoms with van der Waals surface area (Å²) in [6.07, 6.45) is 2.81. The van der Waals surface area contributed by atoms with Crippen molar-refractivity contribution in [1.82, 2.24) is 4.31 Å². The molecule has 2 heterocycles. The normalized spacial score (nSPS) is 24.2. The van der Waals surface area contributed by atoms with Gasteiger partial charge in [0.1, 0.15) is 0 Å². The van der Waals surface area contributed by atoms with Gasteiger partial charge in [-0.25, -0.2) is 8.42 Å². The first-order valence-corrected chi connectivity index (χ1v) is 12.0. The zero-order chi connectivity index (χ0) is 22.2. The van der Waals surface area contributed by atoms with Gasteiger partial charge >= 0.3 is 0 Å². The van der Waals surface area contributed by atoms with Crippen molar-refractivity contribution in [2.75, 3.05) is 10.6 Å². The van der Waals surface area contributed by atoms with E-state index in [9.17, 15) is 18.0 Å². The van der Waals surface area contributed by atoms with Gasteiger partial charge in [0.25, 0.3) is 0 Å². The van der Waals surface area contributed by atoms with Crippen molar-refractivity contribution in [2.24, 2.45) is 0 Å². The first kappa shape index (κ1) is 21.5. The number of nitrogens with zero attached hydrogens (tertiary/aromatic N) is 1. The number of rotatable bonds is 4. The van der Waals surface area contributed by atoms with Crippen LogP contribution in [0, 0.1) is 0 Å². The Bertz CT molecular complexity index is 1090. The summed E-state index contributed by atoms with van der Waals surface area (Å²) in [5, 5.41) is 5.60. The van der Waals surface area contributed by atoms with Crippen LogP contribution in [-0.4, -0.2) is 36.6 Å². The summed E-state index contributed by atoms with van der Waals surface area (Å²) in [7, 11) is -3.61. The number of benzene rings is 2. The van der Waals surface area contributed by atoms with E-state index in [-0.39, 0.29) is 35.2 Å². The summed E-state index contributed by atoms with van der Waals surface area (Å²) >= 11 is 0. The lowest BCUT2D eigenvalue weighted by atomic mass is 9.90. The number of hydrogen-bond donors (Lipinski definition) is 2. The second kappa shape index (κ2) is 8.43. The third-order valence-corrected chi connectivity index (χ3v) is 8.27. The van der Waals surface area contributed by atoms with Crippen LogP contribution in [0.2, 0.25) is 0 Å². The van der Waals surface area contributed by atoms with Crippen molar-refractivity contribution < 1.29 is 18.0 Å². The maximum Gasteiger partial charge on any atom is 0.243 e. The van der Waals surface area contributed by atoms with E-state index < -0.39 is 15.9 Å². The monoisotopic (exact) mass is 441 g/mol. The molecule has 1 saturated heterocycles. The second-order valence-corrected chi connectivity index (χ2v) is 10.2. The third-order valence-electron chi connectivity index (χ3n) is 6.13. The number of sulfonamides is 1. The molecule has 2 aliphatic rings. The molecule has 2 aliphatic heterocycles. The van der Waals surface area contributed by atoms with Crippen molar-refractivity contribution in [3.63, 3.8) is 0 Å². The highest BCUT2D eigenvalue weighted by Crippen LogP contribution is 2.33. The van der Waals surface area contributed by atoms with Gasteiger partial charge in [0.2, 0.25) is 21.8 Å². The first-order valence-electron chi connectivity index (χ1n) is 10.6. The van der Waals surface area contributed by atoms with E-state index in [2.05, 4.69) is 10.6 Å². The topological polar surface area (TPSA) is 95.6 Å². The predicted octanol–water partition coefficient (Wildman–Crippen LogP) is 3.70. The van der Waals surface area contributed by atoms with E-state index in [1.165, 1.54) is 12.1 Å². The van der Waals surface area contributed by atoms with Crippen LogP contribution in [0.25, 0.3) is 0 Å². The number of carbonyl (C=O) groups is 2. The van der Waals surface area contributed by atoms with Gasteiger partial charge in [0, 0.05) is 29.9 Å². The zero-order valence-corrected chi connectivity index (χ0v) is 18.5. The molecule has 3 atom stereocenters. The molecule has 0 aromatic heterocycles. The highest BCUT2D eigenvalue weighted by molar-refractivity contribution is 7.89. The van der Waals surface area contributed by atoms with E-state index in [0.29, 0.717) is 11.4 Å². The van der Waals surface area contributed by atoms with Crippen LogP contribution in [0.3, 0.4) is 0 Å². The van der Waals surface area contributed by atoms with Gasteiger partial charge in [-0.3, -0.25) is 9.59 Å². The highest BCUT2D eigenvalue weighted by Gasteiger charge is 2.35. The molecule has 2 aromatic carbocycles. The molecule has 8 heteroatoms. The fourth-order valence-corrected chi connectivity index (χ4v) is 6.46. The molecule has 2 N–H and O–H groups in total. The third kappa shape index (κ3) is 4.22. The van der Waals surface area contributed by atoms with E-state index in [4.69, 9.17) is 0 Å². The maximum atomic E-state index is 13.2. The minimum absolute atomic E-state index is 0.0364. The average molecular weight is 442 g/mol. The molecular weight excluding hydrogens is 414 g/mol. The lowest BCUT2D eigenvalue weighted by molar-refractivity contribution is -0.123. The van der Waals surface area contributed by atoms with Crippen LogP contribution in [0.4, 0.5) is 11.4 Å². The Kier molecular flexibility index (Phi) is 5.85. The first-order chi connectivity index (χ1) is 14.8. The Morgan fingerprint density at radius 3 is 2.35 bits per heavy atom. The molecular formula is C23H27N3O4S. The van der Waals surface area contributed by atoms with Crippen LogP contribution >= 0.6 is 0 Å². The van der Waals surface area contributed by atoms with Gasteiger partial charge in [-0.05, 0) is 62.6 Å². The molecule has 164 valence electrons. The molecule has 2 amide bonds. The molecule has 3 unspecified atom stereocenters. The van der Waals surface area contributed by atoms with E-state index in [1.54, 1.807) is 22.5 Å². The van der Waals surface area contributed by atoms with Crippen LogP contribution in [0.5, 0.6) is 0 Å². The van der Waals surface area contributed by atoms with Gasteiger partial charge in [-0.1, -0.05) is 24.6 Å². The SMILES string of the molecule is CC1CCCC(C)N1S(=O)(=O)c1ccc(NC(=O)C2CC(=O)Nc3ccccc32)cc1. The summed E-state index contributed by atoms with van der Waals surface area (Å²) < 4.78 is 27.9. The molecule has 2 aromatic rings. The number of hydrogen-bond acceptors (Lipinski definition) is 4. The van der Waals surface area contributed by atoms with Gasteiger partial charge in [-0.2, -0.15) is 4.31 Å². The molecule has 31 heavy (non-hydrogen) atoms. The summed E-state index contributed by atoms with van der Waals surface area (Å²) in [5.74, 6) is -1.09. The van der Waals surface area contributed by atoms with Crippen molar-refractivity contribution >= 4 is 33.2 Å². The van der Waals surface area contributed by atoms with Gasteiger partial charge in [0.05, 0.1) is 10.8 Å². The standard InChI is InChI=1S/C23H27N3O4S/c1-15-6-5-7-16(2)26(15)31(29,30)18-12-10-17(11-13-18)24-23(28)20-14-22(27)25-21-9-4-3-8-19(20)21/h3-4,8-13,15-16,20H,5-7,14H2,1-2H3,(H,24,28)(H,25,27). The quantitative estimate of drug-likeness (QED) is 0.756. The molecule has 0 radical (unpaired) electrons. The van der Waals surface area contributed by atoms with Crippen LogP contribution in [0.15, 0.2) is 53.4 Å². The Labute approximate surface area is 182 Å². The van der Waals surface area contributed by atoms with E-state index >= 15 is 0 Å². The summed E-state index contributed by atoms with van der Waals surface area (Å²) in [6.45, 7) is 3.89. The number of fused-ring (bicyclic) bond motifs is 1. The van der Waals surface area contributed by atoms with E-state index in [0.717, 1.165) is 24.8 Å². The second-order valence-electron chi connectivity index (χ2n) is 8.37. The Hall–Kier alpha value is -2.71. The predicted molar refractivity (Wildman–Crippen MR) is 119 cm³/mol.